The van der Waals surface area contributed by atoms with Gasteiger partial charge in [0.15, 0.2) is 5.96 Å². The minimum Gasteiger partial charge on any atom is -0.444 e. The molecule has 1 heterocycles. The third-order valence-electron chi connectivity index (χ3n) is 2.76. The highest BCUT2D eigenvalue weighted by molar-refractivity contribution is 5.84. The molecule has 0 spiro atoms. The second kappa shape index (κ2) is 8.08. The standard InChI is InChI=1S/C14H23N5O2/c1-6-7-15-14(17-9-13(20)19(4)5)16-8-12-18-10(2)11(3)21-12/h6H,1,7-9H2,2-5H3,(H2,15,16,17). The number of hydrogen-bond acceptors (Lipinski definition) is 4. The van der Waals surface area contributed by atoms with Gasteiger partial charge in [-0.15, -0.1) is 6.58 Å². The highest BCUT2D eigenvalue weighted by atomic mass is 16.4. The molecule has 0 aliphatic heterocycles. The molecule has 7 nitrogen and oxygen atoms in total. The molecule has 0 saturated heterocycles. The maximum Gasteiger partial charge on any atom is 0.243 e. The Kier molecular flexibility index (Phi) is 6.45. The van der Waals surface area contributed by atoms with E-state index in [2.05, 4.69) is 27.2 Å². The summed E-state index contributed by atoms with van der Waals surface area (Å²) in [7, 11) is 3.39. The predicted molar refractivity (Wildman–Crippen MR) is 82.0 cm³/mol. The topological polar surface area (TPSA) is 82.8 Å². The first-order valence-corrected chi connectivity index (χ1v) is 6.70. The zero-order valence-electron chi connectivity index (χ0n) is 13.1. The lowest BCUT2D eigenvalue weighted by Gasteiger charge is -2.11. The molecule has 0 aromatic carbocycles. The molecule has 0 atom stereocenters. The van der Waals surface area contributed by atoms with Gasteiger partial charge >= 0.3 is 0 Å². The fourth-order valence-corrected chi connectivity index (χ4v) is 1.41. The molecule has 116 valence electrons. The van der Waals surface area contributed by atoms with E-state index in [-0.39, 0.29) is 12.5 Å². The third-order valence-corrected chi connectivity index (χ3v) is 2.76. The van der Waals surface area contributed by atoms with Gasteiger partial charge < -0.3 is 20.0 Å². The summed E-state index contributed by atoms with van der Waals surface area (Å²) in [4.78, 5) is 21.5. The van der Waals surface area contributed by atoms with E-state index in [1.54, 1.807) is 20.2 Å². The maximum atomic E-state index is 11.6. The van der Waals surface area contributed by atoms with Crippen molar-refractivity contribution in [3.63, 3.8) is 0 Å². The molecule has 21 heavy (non-hydrogen) atoms. The lowest BCUT2D eigenvalue weighted by atomic mass is 10.4. The molecule has 1 aromatic heterocycles. The first kappa shape index (κ1) is 16.7. The van der Waals surface area contributed by atoms with Crippen LogP contribution in [-0.2, 0) is 11.3 Å². The van der Waals surface area contributed by atoms with Crippen LogP contribution in [0.5, 0.6) is 0 Å². The number of rotatable bonds is 6. The molecule has 0 aliphatic carbocycles. The smallest absolute Gasteiger partial charge is 0.243 e. The lowest BCUT2D eigenvalue weighted by Crippen LogP contribution is -2.38. The number of guanidine groups is 1. The Morgan fingerprint density at radius 2 is 2.14 bits per heavy atom. The van der Waals surface area contributed by atoms with Gasteiger partial charge in [0.2, 0.25) is 11.8 Å². The molecule has 0 radical (unpaired) electrons. The van der Waals surface area contributed by atoms with Crippen LogP contribution in [0.2, 0.25) is 0 Å². The first-order chi connectivity index (χ1) is 9.93. The number of nitrogens with one attached hydrogen (secondary N) is 2. The maximum absolute atomic E-state index is 11.6. The highest BCUT2D eigenvalue weighted by Crippen LogP contribution is 2.07. The van der Waals surface area contributed by atoms with Gasteiger partial charge in [0.05, 0.1) is 12.2 Å². The number of oxazole rings is 1. The zero-order valence-corrected chi connectivity index (χ0v) is 13.1. The number of nitrogens with zero attached hydrogens (tertiary/aromatic N) is 3. The third kappa shape index (κ3) is 5.68. The van der Waals surface area contributed by atoms with E-state index in [1.807, 2.05) is 13.8 Å². The molecular formula is C14H23N5O2. The Bertz CT molecular complexity index is 500. The summed E-state index contributed by atoms with van der Waals surface area (Å²) >= 11 is 0. The molecule has 7 heteroatoms. The van der Waals surface area contributed by atoms with Crippen LogP contribution >= 0.6 is 0 Å². The van der Waals surface area contributed by atoms with Gasteiger partial charge in [-0.05, 0) is 13.8 Å². The van der Waals surface area contributed by atoms with Crippen molar-refractivity contribution in [2.24, 2.45) is 4.99 Å². The highest BCUT2D eigenvalue weighted by Gasteiger charge is 2.07. The Morgan fingerprint density at radius 3 is 2.67 bits per heavy atom. The van der Waals surface area contributed by atoms with Gasteiger partial charge in [0.1, 0.15) is 12.3 Å². The monoisotopic (exact) mass is 293 g/mol. The molecule has 1 rings (SSSR count). The number of likely N-dealkylation sites (N-methyl/N-ethyl adjacent to an activating group) is 1. The molecule has 0 bridgehead atoms. The number of aliphatic imine (C=N–C) groups is 1. The van der Waals surface area contributed by atoms with Crippen molar-refractivity contribution in [2.75, 3.05) is 27.2 Å². The average molecular weight is 293 g/mol. The number of carbonyl (C=O) groups excluding carboxylic acids is 1. The normalized spacial score (nSPS) is 11.1. The summed E-state index contributed by atoms with van der Waals surface area (Å²) in [6.45, 7) is 8.41. The fraction of sp³-hybridized carbons (Fsp3) is 0.500. The van der Waals surface area contributed by atoms with Gasteiger partial charge in [0.25, 0.3) is 0 Å². The van der Waals surface area contributed by atoms with Gasteiger partial charge in [-0.25, -0.2) is 9.98 Å². The van der Waals surface area contributed by atoms with Crippen LogP contribution in [0.3, 0.4) is 0 Å². The van der Waals surface area contributed by atoms with Crippen molar-refractivity contribution in [1.82, 2.24) is 20.5 Å². The molecule has 0 fully saturated rings. The minimum absolute atomic E-state index is 0.0717. The number of carbonyl (C=O) groups is 1. The minimum atomic E-state index is -0.0717. The molecule has 0 saturated carbocycles. The summed E-state index contributed by atoms with van der Waals surface area (Å²) in [5.41, 5.74) is 0.868. The summed E-state index contributed by atoms with van der Waals surface area (Å²) in [6.07, 6.45) is 1.71. The molecular weight excluding hydrogens is 270 g/mol. The van der Waals surface area contributed by atoms with Crippen molar-refractivity contribution in [1.29, 1.82) is 0 Å². The van der Waals surface area contributed by atoms with E-state index in [1.165, 1.54) is 4.90 Å². The SMILES string of the molecule is C=CCNC(=NCC(=O)N(C)C)NCc1nc(C)c(C)o1. The van der Waals surface area contributed by atoms with E-state index >= 15 is 0 Å². The summed E-state index contributed by atoms with van der Waals surface area (Å²) in [5.74, 6) is 1.82. The van der Waals surface area contributed by atoms with Crippen LogP contribution in [0.4, 0.5) is 0 Å². The number of aromatic nitrogens is 1. The molecule has 1 aromatic rings. The van der Waals surface area contributed by atoms with Crippen molar-refractivity contribution in [2.45, 2.75) is 20.4 Å². The average Bonchev–Trinajstić information content (AvgIpc) is 2.76. The van der Waals surface area contributed by atoms with E-state index in [0.717, 1.165) is 11.5 Å². The van der Waals surface area contributed by atoms with Crippen molar-refractivity contribution < 1.29 is 9.21 Å². The van der Waals surface area contributed by atoms with Crippen molar-refractivity contribution in [3.8, 4) is 0 Å². The van der Waals surface area contributed by atoms with Crippen LogP contribution in [-0.4, -0.2) is 48.9 Å². The largest absolute Gasteiger partial charge is 0.444 e. The number of amides is 1. The van der Waals surface area contributed by atoms with Crippen LogP contribution in [0.25, 0.3) is 0 Å². The summed E-state index contributed by atoms with van der Waals surface area (Å²) < 4.78 is 5.48. The Morgan fingerprint density at radius 1 is 1.43 bits per heavy atom. The van der Waals surface area contributed by atoms with E-state index in [4.69, 9.17) is 4.42 Å². The van der Waals surface area contributed by atoms with Crippen LogP contribution in [0, 0.1) is 13.8 Å². The number of aryl methyl sites for hydroxylation is 2. The van der Waals surface area contributed by atoms with Crippen LogP contribution in [0.15, 0.2) is 22.1 Å². The molecule has 2 N–H and O–H groups in total. The van der Waals surface area contributed by atoms with Crippen LogP contribution in [0.1, 0.15) is 17.3 Å². The van der Waals surface area contributed by atoms with E-state index in [9.17, 15) is 4.79 Å². The molecule has 0 unspecified atom stereocenters. The van der Waals surface area contributed by atoms with Crippen molar-refractivity contribution in [3.05, 3.63) is 30.0 Å². The molecule has 0 aliphatic rings. The summed E-state index contributed by atoms with van der Waals surface area (Å²) in [5, 5.41) is 6.11. The number of hydrogen-bond donors (Lipinski definition) is 2. The predicted octanol–water partition coefficient (Wildman–Crippen LogP) is 0.601. The second-order valence-electron chi connectivity index (χ2n) is 4.73. The first-order valence-electron chi connectivity index (χ1n) is 6.70. The zero-order chi connectivity index (χ0) is 15.8. The Labute approximate surface area is 125 Å². The Hall–Kier alpha value is -2.31. The molecule has 1 amide bonds. The van der Waals surface area contributed by atoms with Gasteiger partial charge in [-0.3, -0.25) is 4.79 Å². The lowest BCUT2D eigenvalue weighted by molar-refractivity contribution is -0.127. The van der Waals surface area contributed by atoms with E-state index in [0.29, 0.717) is 24.9 Å². The van der Waals surface area contributed by atoms with E-state index < -0.39 is 0 Å². The van der Waals surface area contributed by atoms with Gasteiger partial charge in [-0.2, -0.15) is 0 Å². The quantitative estimate of drug-likeness (QED) is 0.456. The van der Waals surface area contributed by atoms with Crippen LogP contribution < -0.4 is 10.6 Å². The second-order valence-corrected chi connectivity index (χ2v) is 4.73. The fourth-order valence-electron chi connectivity index (χ4n) is 1.41. The Balaban J connectivity index is 2.62. The van der Waals surface area contributed by atoms with Gasteiger partial charge in [-0.1, -0.05) is 6.08 Å². The van der Waals surface area contributed by atoms with Gasteiger partial charge in [0, 0.05) is 20.6 Å². The van der Waals surface area contributed by atoms with Crippen molar-refractivity contribution >= 4 is 11.9 Å². The summed E-state index contributed by atoms with van der Waals surface area (Å²) in [6, 6.07) is 0.